The van der Waals surface area contributed by atoms with Gasteiger partial charge in [0.2, 0.25) is 0 Å². The van der Waals surface area contributed by atoms with Crippen molar-refractivity contribution in [3.63, 3.8) is 0 Å². The van der Waals surface area contributed by atoms with Gasteiger partial charge in [-0.3, -0.25) is 0 Å². The van der Waals surface area contributed by atoms with Crippen molar-refractivity contribution in [1.29, 1.82) is 0 Å². The smallest absolute Gasteiger partial charge is 0.0870 e. The molecule has 1 nitrogen and oxygen atoms in total. The van der Waals surface area contributed by atoms with Crippen LogP contribution in [0, 0.1) is 0 Å². The van der Waals surface area contributed by atoms with Gasteiger partial charge in [0, 0.05) is 0 Å². The van der Waals surface area contributed by atoms with Crippen molar-refractivity contribution >= 4 is 0 Å². The first kappa shape index (κ1) is 14.5. The Morgan fingerprint density at radius 2 is 1.31 bits per heavy atom. The van der Waals surface area contributed by atoms with Crippen LogP contribution in [0.5, 0.6) is 0 Å². The Balaban J connectivity index is 3.58. The molecule has 0 saturated carbocycles. The van der Waals surface area contributed by atoms with Crippen LogP contribution in [0.4, 0.5) is 0 Å². The van der Waals surface area contributed by atoms with Gasteiger partial charge in [0.1, 0.15) is 0 Å². The Labute approximate surface area is 99.5 Å². The van der Waals surface area contributed by atoms with E-state index in [-0.39, 0.29) is 0 Å². The predicted molar refractivity (Wildman–Crippen MR) is 72.2 cm³/mol. The van der Waals surface area contributed by atoms with Gasteiger partial charge in [-0.25, -0.2) is 0 Å². The Hall–Kier alpha value is -1.50. The van der Waals surface area contributed by atoms with Gasteiger partial charge in [0.25, 0.3) is 0 Å². The highest BCUT2D eigenvalue weighted by Gasteiger charge is 1.72. The lowest BCUT2D eigenvalue weighted by atomic mass is 10.3. The predicted octanol–water partition coefficient (Wildman–Crippen LogP) is 4.56. The molecule has 0 N–H and O–H groups in total. The third-order valence-electron chi connectivity index (χ3n) is 1.65. The van der Waals surface area contributed by atoms with Crippen molar-refractivity contribution in [2.45, 2.75) is 26.7 Å². The van der Waals surface area contributed by atoms with E-state index in [2.05, 4.69) is 19.9 Å². The van der Waals surface area contributed by atoms with E-state index in [0.717, 1.165) is 19.4 Å². The van der Waals surface area contributed by atoms with Crippen LogP contribution in [0.1, 0.15) is 26.7 Å². The van der Waals surface area contributed by atoms with Crippen molar-refractivity contribution in [2.75, 3.05) is 6.61 Å². The molecule has 0 spiro atoms. The van der Waals surface area contributed by atoms with E-state index in [1.54, 1.807) is 6.26 Å². The first-order valence-corrected chi connectivity index (χ1v) is 5.85. The average Bonchev–Trinajstić information content (AvgIpc) is 2.31. The summed E-state index contributed by atoms with van der Waals surface area (Å²) in [5, 5.41) is 0. The minimum absolute atomic E-state index is 0.784. The summed E-state index contributed by atoms with van der Waals surface area (Å²) in [4.78, 5) is 0. The fourth-order valence-electron chi connectivity index (χ4n) is 0.886. The zero-order valence-electron chi connectivity index (χ0n) is 10.3. The highest BCUT2D eigenvalue weighted by molar-refractivity contribution is 5.17. The minimum Gasteiger partial charge on any atom is -0.501 e. The molecule has 0 aliphatic carbocycles. The van der Waals surface area contributed by atoms with Crippen LogP contribution in [-0.4, -0.2) is 6.61 Å². The van der Waals surface area contributed by atoms with E-state index in [4.69, 9.17) is 4.74 Å². The van der Waals surface area contributed by atoms with Crippen molar-refractivity contribution < 1.29 is 4.74 Å². The number of hydrogen-bond donors (Lipinski definition) is 0. The molecule has 0 fully saturated rings. The standard InChI is InChI=1S/C15H22O/c1-3-5-6-7-8-9-10-11-12-13-15-16-14-4-2/h5-13,15H,3-4,14H2,1-2H3/b6-5+,8-7+,10-9+,12-11+,15-13+. The van der Waals surface area contributed by atoms with Crippen LogP contribution in [-0.2, 0) is 4.74 Å². The van der Waals surface area contributed by atoms with Crippen LogP contribution in [0.2, 0.25) is 0 Å². The summed E-state index contributed by atoms with van der Waals surface area (Å²) in [6, 6.07) is 0. The first-order chi connectivity index (χ1) is 7.91. The Bertz CT molecular complexity index is 267. The maximum atomic E-state index is 5.18. The molecule has 0 bridgehead atoms. The van der Waals surface area contributed by atoms with Crippen molar-refractivity contribution in [2.24, 2.45) is 0 Å². The van der Waals surface area contributed by atoms with E-state index in [1.807, 2.05) is 48.6 Å². The summed E-state index contributed by atoms with van der Waals surface area (Å²) >= 11 is 0. The van der Waals surface area contributed by atoms with Crippen LogP contribution in [0.3, 0.4) is 0 Å². The van der Waals surface area contributed by atoms with Gasteiger partial charge in [0.05, 0.1) is 12.9 Å². The lowest BCUT2D eigenvalue weighted by molar-refractivity contribution is 0.250. The van der Waals surface area contributed by atoms with Gasteiger partial charge in [-0.1, -0.05) is 62.5 Å². The van der Waals surface area contributed by atoms with Crippen LogP contribution in [0.25, 0.3) is 0 Å². The summed E-state index contributed by atoms with van der Waals surface area (Å²) in [7, 11) is 0. The number of ether oxygens (including phenoxy) is 1. The second-order valence-electron chi connectivity index (χ2n) is 3.19. The van der Waals surface area contributed by atoms with Gasteiger partial charge in [0.15, 0.2) is 0 Å². The molecule has 0 radical (unpaired) electrons. The van der Waals surface area contributed by atoms with Gasteiger partial charge < -0.3 is 4.74 Å². The third-order valence-corrected chi connectivity index (χ3v) is 1.65. The van der Waals surface area contributed by atoms with Crippen molar-refractivity contribution in [3.8, 4) is 0 Å². The zero-order valence-corrected chi connectivity index (χ0v) is 10.3. The lowest BCUT2D eigenvalue weighted by Gasteiger charge is -1.92. The van der Waals surface area contributed by atoms with Crippen molar-refractivity contribution in [1.82, 2.24) is 0 Å². The fraction of sp³-hybridized carbons (Fsp3) is 0.333. The summed E-state index contributed by atoms with van der Waals surface area (Å²) in [5.41, 5.74) is 0. The molecule has 0 saturated heterocycles. The van der Waals surface area contributed by atoms with E-state index < -0.39 is 0 Å². The van der Waals surface area contributed by atoms with Gasteiger partial charge >= 0.3 is 0 Å². The quantitative estimate of drug-likeness (QED) is 0.329. The third kappa shape index (κ3) is 12.5. The summed E-state index contributed by atoms with van der Waals surface area (Å²) in [6.45, 7) is 4.99. The van der Waals surface area contributed by atoms with Crippen LogP contribution in [0.15, 0.2) is 60.9 Å². The van der Waals surface area contributed by atoms with E-state index in [9.17, 15) is 0 Å². The summed E-state index contributed by atoms with van der Waals surface area (Å²) < 4.78 is 5.18. The zero-order chi connectivity index (χ0) is 11.9. The molecule has 0 rings (SSSR count). The fourth-order valence-corrected chi connectivity index (χ4v) is 0.886. The molecular weight excluding hydrogens is 196 g/mol. The number of rotatable bonds is 8. The monoisotopic (exact) mass is 218 g/mol. The van der Waals surface area contributed by atoms with Crippen LogP contribution >= 0.6 is 0 Å². The molecule has 88 valence electrons. The molecule has 0 aliphatic heterocycles. The first-order valence-electron chi connectivity index (χ1n) is 5.85. The van der Waals surface area contributed by atoms with E-state index in [1.165, 1.54) is 0 Å². The molecule has 0 aromatic heterocycles. The second kappa shape index (κ2) is 13.5. The van der Waals surface area contributed by atoms with E-state index >= 15 is 0 Å². The van der Waals surface area contributed by atoms with Crippen LogP contribution < -0.4 is 0 Å². The molecular formula is C15H22O. The highest BCUT2D eigenvalue weighted by atomic mass is 16.5. The lowest BCUT2D eigenvalue weighted by Crippen LogP contribution is -1.80. The molecule has 0 aliphatic rings. The molecule has 0 unspecified atom stereocenters. The average molecular weight is 218 g/mol. The maximum Gasteiger partial charge on any atom is 0.0870 e. The minimum atomic E-state index is 0.784. The largest absolute Gasteiger partial charge is 0.501 e. The molecule has 0 atom stereocenters. The topological polar surface area (TPSA) is 9.23 Å². The molecule has 1 heteroatoms. The molecule has 0 aromatic carbocycles. The van der Waals surface area contributed by atoms with Gasteiger partial charge in [-0.2, -0.15) is 0 Å². The normalized spacial score (nSPS) is 13.1. The molecule has 0 aromatic rings. The van der Waals surface area contributed by atoms with Crippen molar-refractivity contribution in [3.05, 3.63) is 60.9 Å². The summed E-state index contributed by atoms with van der Waals surface area (Å²) in [6.07, 6.45) is 21.8. The molecule has 16 heavy (non-hydrogen) atoms. The maximum absolute atomic E-state index is 5.18. The Morgan fingerprint density at radius 3 is 1.88 bits per heavy atom. The second-order valence-corrected chi connectivity index (χ2v) is 3.19. The Kier molecular flexibility index (Phi) is 12.2. The highest BCUT2D eigenvalue weighted by Crippen LogP contribution is 1.86. The molecule has 0 amide bonds. The number of hydrogen-bond acceptors (Lipinski definition) is 1. The van der Waals surface area contributed by atoms with Gasteiger partial charge in [-0.15, -0.1) is 0 Å². The number of allylic oxidation sites excluding steroid dienone is 9. The Morgan fingerprint density at radius 1 is 0.750 bits per heavy atom. The van der Waals surface area contributed by atoms with E-state index in [0.29, 0.717) is 0 Å². The van der Waals surface area contributed by atoms with Gasteiger partial charge in [-0.05, 0) is 18.9 Å². The SMILES string of the molecule is CC/C=C/C=C/C=C/C=C/C=C/OCCC. The summed E-state index contributed by atoms with van der Waals surface area (Å²) in [5.74, 6) is 0. The molecule has 0 heterocycles.